The fourth-order valence-corrected chi connectivity index (χ4v) is 2.50. The molecular weight excluding hydrogens is 258 g/mol. The summed E-state index contributed by atoms with van der Waals surface area (Å²) in [6.07, 6.45) is 3.90. The van der Waals surface area contributed by atoms with Gasteiger partial charge < -0.3 is 20.7 Å². The normalized spacial score (nSPS) is 17.9. The molecule has 0 bridgehead atoms. The van der Waals surface area contributed by atoms with Gasteiger partial charge in [0.05, 0.1) is 0 Å². The van der Waals surface area contributed by atoms with E-state index in [1.807, 2.05) is 4.90 Å². The molecule has 1 atom stereocenters. The third kappa shape index (κ3) is 5.88. The number of carbonyl (C=O) groups excluding carboxylic acids is 2. The number of nitrogens with one attached hydrogen (secondary N) is 1. The van der Waals surface area contributed by atoms with Crippen LogP contribution in [0.25, 0.3) is 0 Å². The number of ether oxygens (including phenoxy) is 1. The maximum absolute atomic E-state index is 12.1. The highest BCUT2D eigenvalue weighted by atomic mass is 16.5. The first-order chi connectivity index (χ1) is 9.56. The van der Waals surface area contributed by atoms with Gasteiger partial charge in [0.2, 0.25) is 11.8 Å². The zero-order valence-corrected chi connectivity index (χ0v) is 12.6. The molecule has 20 heavy (non-hydrogen) atoms. The quantitative estimate of drug-likeness (QED) is 0.702. The van der Waals surface area contributed by atoms with Crippen molar-refractivity contribution < 1.29 is 14.3 Å². The van der Waals surface area contributed by atoms with Crippen molar-refractivity contribution in [2.24, 2.45) is 5.73 Å². The molecule has 0 radical (unpaired) electrons. The van der Waals surface area contributed by atoms with E-state index >= 15 is 0 Å². The number of hydrogen-bond donors (Lipinski definition) is 2. The van der Waals surface area contributed by atoms with Gasteiger partial charge in [-0.2, -0.15) is 0 Å². The Morgan fingerprint density at radius 2 is 2.05 bits per heavy atom. The van der Waals surface area contributed by atoms with E-state index in [1.165, 1.54) is 7.11 Å². The molecular formula is C14H27N3O3. The predicted octanol–water partition coefficient (Wildman–Crippen LogP) is 0.258. The van der Waals surface area contributed by atoms with Crippen LogP contribution in [0.4, 0.5) is 0 Å². The largest absolute Gasteiger partial charge is 0.375 e. The summed E-state index contributed by atoms with van der Waals surface area (Å²) in [6, 6.07) is 0.109. The van der Waals surface area contributed by atoms with Crippen molar-refractivity contribution in [3.8, 4) is 0 Å². The van der Waals surface area contributed by atoms with Crippen LogP contribution in [-0.4, -0.2) is 55.6 Å². The third-order valence-electron chi connectivity index (χ3n) is 3.58. The van der Waals surface area contributed by atoms with Crippen molar-refractivity contribution >= 4 is 11.8 Å². The molecule has 0 aromatic rings. The molecule has 6 nitrogen and oxygen atoms in total. The SMILES string of the molecule is CCCC(N)CC(=O)N1CCC(NC(=O)COC)CC1. The summed E-state index contributed by atoms with van der Waals surface area (Å²) in [5.74, 6) is 0.0369. The lowest BCUT2D eigenvalue weighted by Gasteiger charge is -2.33. The van der Waals surface area contributed by atoms with E-state index in [0.717, 1.165) is 25.7 Å². The average Bonchev–Trinajstić information content (AvgIpc) is 2.39. The van der Waals surface area contributed by atoms with Crippen LogP contribution in [0.3, 0.4) is 0 Å². The second-order valence-electron chi connectivity index (χ2n) is 5.41. The minimum atomic E-state index is -0.0951. The van der Waals surface area contributed by atoms with Crippen molar-refractivity contribution in [2.75, 3.05) is 26.8 Å². The second-order valence-corrected chi connectivity index (χ2v) is 5.41. The number of rotatable bonds is 7. The molecule has 6 heteroatoms. The third-order valence-corrected chi connectivity index (χ3v) is 3.58. The average molecular weight is 285 g/mol. The van der Waals surface area contributed by atoms with Gasteiger partial charge in [-0.1, -0.05) is 13.3 Å². The van der Waals surface area contributed by atoms with Crippen molar-refractivity contribution in [1.29, 1.82) is 0 Å². The number of nitrogens with two attached hydrogens (primary N) is 1. The summed E-state index contributed by atoms with van der Waals surface area (Å²) in [6.45, 7) is 3.54. The summed E-state index contributed by atoms with van der Waals surface area (Å²) < 4.78 is 4.78. The highest BCUT2D eigenvalue weighted by Gasteiger charge is 2.24. The molecule has 1 fully saturated rings. The molecule has 1 aliphatic heterocycles. The van der Waals surface area contributed by atoms with Crippen LogP contribution in [0.15, 0.2) is 0 Å². The van der Waals surface area contributed by atoms with Crippen molar-refractivity contribution in [3.63, 3.8) is 0 Å². The predicted molar refractivity (Wildman–Crippen MR) is 77.1 cm³/mol. The Balaban J connectivity index is 2.27. The second kappa shape index (κ2) is 8.92. The maximum Gasteiger partial charge on any atom is 0.246 e. The first kappa shape index (κ1) is 16.9. The molecule has 1 heterocycles. The summed E-state index contributed by atoms with van der Waals surface area (Å²) in [5.41, 5.74) is 5.90. The van der Waals surface area contributed by atoms with Crippen LogP contribution in [0.1, 0.15) is 39.0 Å². The summed E-state index contributed by atoms with van der Waals surface area (Å²) in [5, 5.41) is 2.91. The maximum atomic E-state index is 12.1. The minimum Gasteiger partial charge on any atom is -0.375 e. The van der Waals surface area contributed by atoms with E-state index in [2.05, 4.69) is 12.2 Å². The van der Waals surface area contributed by atoms with Crippen LogP contribution >= 0.6 is 0 Å². The molecule has 0 spiro atoms. The monoisotopic (exact) mass is 285 g/mol. The first-order valence-corrected chi connectivity index (χ1v) is 7.38. The number of likely N-dealkylation sites (tertiary alicyclic amines) is 1. The van der Waals surface area contributed by atoms with Crippen LogP contribution in [0, 0.1) is 0 Å². The Labute approximate surface area is 121 Å². The number of hydrogen-bond acceptors (Lipinski definition) is 4. The zero-order valence-electron chi connectivity index (χ0n) is 12.6. The van der Waals surface area contributed by atoms with Crippen LogP contribution in [0.2, 0.25) is 0 Å². The number of nitrogens with zero attached hydrogens (tertiary/aromatic N) is 1. The highest BCUT2D eigenvalue weighted by Crippen LogP contribution is 2.12. The summed E-state index contributed by atoms with van der Waals surface area (Å²) in [4.78, 5) is 25.3. The molecule has 1 rings (SSSR count). The lowest BCUT2D eigenvalue weighted by atomic mass is 10.0. The smallest absolute Gasteiger partial charge is 0.246 e. The standard InChI is InChI=1S/C14H27N3O3/c1-3-4-11(15)9-14(19)17-7-5-12(6-8-17)16-13(18)10-20-2/h11-12H,3-10,15H2,1-2H3,(H,16,18). The topological polar surface area (TPSA) is 84.7 Å². The highest BCUT2D eigenvalue weighted by molar-refractivity contribution is 5.78. The molecule has 0 aromatic carbocycles. The van der Waals surface area contributed by atoms with Gasteiger partial charge in [0.15, 0.2) is 0 Å². The van der Waals surface area contributed by atoms with Crippen molar-refractivity contribution in [3.05, 3.63) is 0 Å². The minimum absolute atomic E-state index is 0.0355. The lowest BCUT2D eigenvalue weighted by molar-refractivity contribution is -0.132. The van der Waals surface area contributed by atoms with Crippen molar-refractivity contribution in [1.82, 2.24) is 10.2 Å². The summed E-state index contributed by atoms with van der Waals surface area (Å²) in [7, 11) is 1.50. The Hall–Kier alpha value is -1.14. The van der Waals surface area contributed by atoms with Crippen molar-refractivity contribution in [2.45, 2.75) is 51.1 Å². The van der Waals surface area contributed by atoms with Gasteiger partial charge in [0.25, 0.3) is 0 Å². The van der Waals surface area contributed by atoms with E-state index in [4.69, 9.17) is 10.5 Å². The van der Waals surface area contributed by atoms with Crippen LogP contribution in [-0.2, 0) is 14.3 Å². The van der Waals surface area contributed by atoms with Gasteiger partial charge >= 0.3 is 0 Å². The fourth-order valence-electron chi connectivity index (χ4n) is 2.50. The van der Waals surface area contributed by atoms with Crippen LogP contribution < -0.4 is 11.1 Å². The molecule has 2 amide bonds. The zero-order chi connectivity index (χ0) is 15.0. The van der Waals surface area contributed by atoms with Gasteiger partial charge in [-0.15, -0.1) is 0 Å². The number of carbonyl (C=O) groups is 2. The molecule has 0 saturated carbocycles. The number of piperidine rings is 1. The Morgan fingerprint density at radius 1 is 1.40 bits per heavy atom. The molecule has 3 N–H and O–H groups in total. The van der Waals surface area contributed by atoms with Gasteiger partial charge in [-0.3, -0.25) is 9.59 Å². The number of amides is 2. The van der Waals surface area contributed by atoms with Gasteiger partial charge in [-0.25, -0.2) is 0 Å². The van der Waals surface area contributed by atoms with E-state index in [0.29, 0.717) is 19.5 Å². The van der Waals surface area contributed by atoms with E-state index in [9.17, 15) is 9.59 Å². The molecule has 0 aromatic heterocycles. The Kier molecular flexibility index (Phi) is 7.54. The summed E-state index contributed by atoms with van der Waals surface area (Å²) >= 11 is 0. The van der Waals surface area contributed by atoms with Crippen LogP contribution in [0.5, 0.6) is 0 Å². The first-order valence-electron chi connectivity index (χ1n) is 7.38. The molecule has 0 aliphatic carbocycles. The molecule has 1 unspecified atom stereocenters. The van der Waals surface area contributed by atoms with Gasteiger partial charge in [0, 0.05) is 38.7 Å². The van der Waals surface area contributed by atoms with Gasteiger partial charge in [0.1, 0.15) is 6.61 Å². The number of methoxy groups -OCH3 is 1. The molecule has 1 saturated heterocycles. The fraction of sp³-hybridized carbons (Fsp3) is 0.857. The Bertz CT molecular complexity index is 315. The van der Waals surface area contributed by atoms with E-state index < -0.39 is 0 Å². The lowest BCUT2D eigenvalue weighted by Crippen LogP contribution is -2.48. The molecule has 116 valence electrons. The Morgan fingerprint density at radius 3 is 2.60 bits per heavy atom. The van der Waals surface area contributed by atoms with E-state index in [1.54, 1.807) is 0 Å². The molecule has 1 aliphatic rings. The van der Waals surface area contributed by atoms with Gasteiger partial charge in [-0.05, 0) is 19.3 Å². The van der Waals surface area contributed by atoms with E-state index in [-0.39, 0.29) is 30.5 Å².